The number of ether oxygens (including phenoxy) is 1. The van der Waals surface area contributed by atoms with Crippen LogP contribution in [0, 0.1) is 17.0 Å². The number of anilines is 2. The Hall–Kier alpha value is -4.01. The second-order valence-electron chi connectivity index (χ2n) is 9.81. The minimum Gasteiger partial charge on any atom is -0.497 e. The Morgan fingerprint density at radius 3 is 2.10 bits per heavy atom. The standard InChI is InChI=1S/C28H32N4O8S2/c1-21-7-14-26(19-27(21)32(34)35)42(38,39)31(23-10-12-24(40-2)13-11-23)20-28(33)29-22-8-15-25(16-9-22)41(36,37)30-17-5-3-4-6-18-30/h7-16,19H,3-6,17-18,20H2,1-2H3,(H,29,33). The van der Waals surface area contributed by atoms with Gasteiger partial charge in [0, 0.05) is 30.4 Å². The Morgan fingerprint density at radius 1 is 0.929 bits per heavy atom. The largest absolute Gasteiger partial charge is 0.497 e. The zero-order chi connectivity index (χ0) is 30.5. The number of hydrogen-bond acceptors (Lipinski definition) is 8. The first kappa shape index (κ1) is 30.9. The number of carbonyl (C=O) groups excluding carboxylic acids is 1. The van der Waals surface area contributed by atoms with Crippen LogP contribution in [0.25, 0.3) is 0 Å². The van der Waals surface area contributed by atoms with Crippen LogP contribution in [-0.2, 0) is 24.8 Å². The fourth-order valence-corrected chi connectivity index (χ4v) is 7.57. The molecule has 4 rings (SSSR count). The van der Waals surface area contributed by atoms with Crippen LogP contribution in [0.15, 0.2) is 76.5 Å². The molecule has 0 unspecified atom stereocenters. The summed E-state index contributed by atoms with van der Waals surface area (Å²) < 4.78 is 61.0. The first-order valence-electron chi connectivity index (χ1n) is 13.3. The van der Waals surface area contributed by atoms with Gasteiger partial charge in [0.2, 0.25) is 15.9 Å². The van der Waals surface area contributed by atoms with Crippen LogP contribution in [0.2, 0.25) is 0 Å². The van der Waals surface area contributed by atoms with Crippen molar-refractivity contribution >= 4 is 43.0 Å². The lowest BCUT2D eigenvalue weighted by molar-refractivity contribution is -0.385. The average molecular weight is 617 g/mol. The third-order valence-electron chi connectivity index (χ3n) is 6.95. The molecule has 1 heterocycles. The van der Waals surface area contributed by atoms with Gasteiger partial charge in [0.15, 0.2) is 0 Å². The first-order chi connectivity index (χ1) is 19.9. The van der Waals surface area contributed by atoms with Crippen LogP contribution in [0.1, 0.15) is 31.2 Å². The molecule has 0 spiro atoms. The van der Waals surface area contributed by atoms with Gasteiger partial charge in [0.25, 0.3) is 15.7 Å². The number of nitro benzene ring substituents is 1. The number of carbonyl (C=O) groups is 1. The number of sulfonamides is 2. The SMILES string of the molecule is COc1ccc(N(CC(=O)Nc2ccc(S(=O)(=O)N3CCCCCC3)cc2)S(=O)(=O)c2ccc(C)c([N+](=O)[O-])c2)cc1. The lowest BCUT2D eigenvalue weighted by atomic mass is 10.2. The Bertz CT molecular complexity index is 1650. The van der Waals surface area contributed by atoms with Crippen molar-refractivity contribution in [3.8, 4) is 5.75 Å². The molecule has 0 aromatic heterocycles. The van der Waals surface area contributed by atoms with E-state index in [4.69, 9.17) is 4.74 Å². The number of nitro groups is 1. The molecule has 14 heteroatoms. The fraction of sp³-hybridized carbons (Fsp3) is 0.321. The van der Waals surface area contributed by atoms with Gasteiger partial charge in [-0.2, -0.15) is 4.31 Å². The molecule has 0 aliphatic carbocycles. The van der Waals surface area contributed by atoms with Crippen molar-refractivity contribution in [2.75, 3.05) is 36.4 Å². The van der Waals surface area contributed by atoms with Gasteiger partial charge in [-0.1, -0.05) is 18.9 Å². The van der Waals surface area contributed by atoms with Crippen molar-refractivity contribution in [2.24, 2.45) is 0 Å². The number of aryl methyl sites for hydroxylation is 1. The second-order valence-corrected chi connectivity index (χ2v) is 13.6. The fourth-order valence-electron chi connectivity index (χ4n) is 4.61. The molecular formula is C28H32N4O8S2. The predicted octanol–water partition coefficient (Wildman–Crippen LogP) is 4.31. The first-order valence-corrected chi connectivity index (χ1v) is 16.1. The topological polar surface area (TPSA) is 156 Å². The zero-order valence-electron chi connectivity index (χ0n) is 23.2. The molecule has 1 amide bonds. The molecular weight excluding hydrogens is 584 g/mol. The molecule has 1 fully saturated rings. The Labute approximate surface area is 245 Å². The molecule has 12 nitrogen and oxygen atoms in total. The van der Waals surface area contributed by atoms with Crippen molar-refractivity contribution < 1.29 is 31.3 Å². The summed E-state index contributed by atoms with van der Waals surface area (Å²) in [5.41, 5.74) is 0.320. The van der Waals surface area contributed by atoms with Crippen molar-refractivity contribution in [1.82, 2.24) is 4.31 Å². The summed E-state index contributed by atoms with van der Waals surface area (Å²) in [6, 6.07) is 15.2. The number of hydrogen-bond donors (Lipinski definition) is 1. The van der Waals surface area contributed by atoms with E-state index in [1.807, 2.05) is 0 Å². The van der Waals surface area contributed by atoms with Gasteiger partial charge >= 0.3 is 0 Å². The van der Waals surface area contributed by atoms with E-state index in [1.165, 1.54) is 79.0 Å². The van der Waals surface area contributed by atoms with Gasteiger partial charge in [-0.15, -0.1) is 0 Å². The number of methoxy groups -OCH3 is 1. The Balaban J connectivity index is 1.58. The van der Waals surface area contributed by atoms with Gasteiger partial charge in [0.1, 0.15) is 12.3 Å². The molecule has 3 aromatic rings. The van der Waals surface area contributed by atoms with E-state index in [2.05, 4.69) is 5.32 Å². The molecule has 224 valence electrons. The molecule has 1 aliphatic heterocycles. The lowest BCUT2D eigenvalue weighted by Gasteiger charge is -2.24. The summed E-state index contributed by atoms with van der Waals surface area (Å²) in [5.74, 6) is -0.249. The maximum atomic E-state index is 13.7. The molecule has 42 heavy (non-hydrogen) atoms. The van der Waals surface area contributed by atoms with Crippen LogP contribution < -0.4 is 14.4 Å². The molecule has 1 aliphatic rings. The van der Waals surface area contributed by atoms with Gasteiger partial charge < -0.3 is 10.1 Å². The zero-order valence-corrected chi connectivity index (χ0v) is 24.9. The summed E-state index contributed by atoms with van der Waals surface area (Å²) >= 11 is 0. The van der Waals surface area contributed by atoms with Gasteiger partial charge in [-0.05, 0) is 74.4 Å². The molecule has 3 aromatic carbocycles. The van der Waals surface area contributed by atoms with Crippen LogP contribution in [-0.4, -0.2) is 58.7 Å². The summed E-state index contributed by atoms with van der Waals surface area (Å²) in [6.45, 7) is 1.75. The van der Waals surface area contributed by atoms with Gasteiger partial charge in [-0.25, -0.2) is 16.8 Å². The van der Waals surface area contributed by atoms with Crippen molar-refractivity contribution in [3.05, 3.63) is 82.4 Å². The number of benzene rings is 3. The second kappa shape index (κ2) is 12.9. The lowest BCUT2D eigenvalue weighted by Crippen LogP contribution is -2.38. The highest BCUT2D eigenvalue weighted by Gasteiger charge is 2.30. The predicted molar refractivity (Wildman–Crippen MR) is 158 cm³/mol. The van der Waals surface area contributed by atoms with Crippen molar-refractivity contribution in [1.29, 1.82) is 0 Å². The summed E-state index contributed by atoms with van der Waals surface area (Å²) in [7, 11) is -6.66. The number of rotatable bonds is 10. The van der Waals surface area contributed by atoms with E-state index in [9.17, 15) is 31.7 Å². The molecule has 0 saturated carbocycles. The number of amides is 1. The minimum atomic E-state index is -4.43. The normalized spacial score (nSPS) is 14.5. The Kier molecular flexibility index (Phi) is 9.49. The van der Waals surface area contributed by atoms with Crippen LogP contribution in [0.4, 0.5) is 17.1 Å². The average Bonchev–Trinajstić information content (AvgIpc) is 3.27. The van der Waals surface area contributed by atoms with E-state index in [-0.39, 0.29) is 32.4 Å². The third-order valence-corrected chi connectivity index (χ3v) is 10.6. The highest BCUT2D eigenvalue weighted by atomic mass is 32.2. The maximum absolute atomic E-state index is 13.7. The summed E-state index contributed by atoms with van der Waals surface area (Å²) in [5, 5.41) is 14.1. The molecule has 1 saturated heterocycles. The van der Waals surface area contributed by atoms with Crippen LogP contribution in [0.3, 0.4) is 0 Å². The van der Waals surface area contributed by atoms with Crippen LogP contribution >= 0.6 is 0 Å². The third kappa shape index (κ3) is 6.89. The highest BCUT2D eigenvalue weighted by molar-refractivity contribution is 7.92. The van der Waals surface area contributed by atoms with Gasteiger partial charge in [0.05, 0.1) is 27.5 Å². The minimum absolute atomic E-state index is 0.103. The van der Waals surface area contributed by atoms with Crippen molar-refractivity contribution in [3.63, 3.8) is 0 Å². The Morgan fingerprint density at radius 2 is 1.52 bits per heavy atom. The molecule has 0 radical (unpaired) electrons. The molecule has 1 N–H and O–H groups in total. The van der Waals surface area contributed by atoms with E-state index in [1.54, 1.807) is 0 Å². The van der Waals surface area contributed by atoms with Crippen molar-refractivity contribution in [2.45, 2.75) is 42.4 Å². The molecule has 0 bridgehead atoms. The number of nitrogens with zero attached hydrogens (tertiary/aromatic N) is 3. The van der Waals surface area contributed by atoms with E-state index in [0.717, 1.165) is 36.1 Å². The quantitative estimate of drug-likeness (QED) is 0.261. The molecule has 0 atom stereocenters. The highest BCUT2D eigenvalue weighted by Crippen LogP contribution is 2.29. The van der Waals surface area contributed by atoms with E-state index in [0.29, 0.717) is 18.8 Å². The summed E-state index contributed by atoms with van der Waals surface area (Å²) in [6.07, 6.45) is 3.58. The van der Waals surface area contributed by atoms with Crippen LogP contribution in [0.5, 0.6) is 5.75 Å². The van der Waals surface area contributed by atoms with Gasteiger partial charge in [-0.3, -0.25) is 19.2 Å². The maximum Gasteiger partial charge on any atom is 0.273 e. The monoisotopic (exact) mass is 616 g/mol. The number of nitrogens with one attached hydrogen (secondary N) is 1. The summed E-state index contributed by atoms with van der Waals surface area (Å²) in [4.78, 5) is 23.7. The van der Waals surface area contributed by atoms with E-state index >= 15 is 0 Å². The van der Waals surface area contributed by atoms with E-state index < -0.39 is 37.4 Å². The smallest absolute Gasteiger partial charge is 0.273 e.